The summed E-state index contributed by atoms with van der Waals surface area (Å²) in [7, 11) is 1.99. The molecule has 0 unspecified atom stereocenters. The Bertz CT molecular complexity index is 750. The number of aryl methyl sites for hydroxylation is 1. The summed E-state index contributed by atoms with van der Waals surface area (Å²) in [4.78, 5) is 19.6. The molecule has 2 aromatic rings. The van der Waals surface area contributed by atoms with E-state index in [1.165, 1.54) is 5.56 Å². The smallest absolute Gasteiger partial charge is 0.229 e. The zero-order chi connectivity index (χ0) is 17.4. The zero-order valence-electron chi connectivity index (χ0n) is 14.8. The van der Waals surface area contributed by atoms with E-state index in [1.54, 1.807) is 6.33 Å². The SMILES string of the molecule is Cn1cncc1[C@@H]1CN(C(=O)C2(Cc3ccccc3)CCC2)C[C@H]1N. The third-order valence-corrected chi connectivity index (χ3v) is 6.04. The molecule has 2 atom stereocenters. The van der Waals surface area contributed by atoms with Crippen LogP contribution in [0.15, 0.2) is 42.9 Å². The maximum atomic E-state index is 13.3. The molecular weight excluding hydrogens is 312 g/mol. The van der Waals surface area contributed by atoms with Crippen LogP contribution in [-0.2, 0) is 18.3 Å². The van der Waals surface area contributed by atoms with Gasteiger partial charge in [-0.05, 0) is 24.8 Å². The molecule has 25 heavy (non-hydrogen) atoms. The number of carbonyl (C=O) groups is 1. The summed E-state index contributed by atoms with van der Waals surface area (Å²) in [6.45, 7) is 1.35. The number of nitrogens with zero attached hydrogens (tertiary/aromatic N) is 3. The molecule has 1 aliphatic heterocycles. The number of benzene rings is 1. The third-order valence-electron chi connectivity index (χ3n) is 6.04. The third kappa shape index (κ3) is 2.86. The second kappa shape index (κ2) is 6.30. The number of aromatic nitrogens is 2. The molecule has 5 nitrogen and oxygen atoms in total. The summed E-state index contributed by atoms with van der Waals surface area (Å²) < 4.78 is 2.02. The molecule has 2 fully saturated rings. The van der Waals surface area contributed by atoms with Gasteiger partial charge in [-0.2, -0.15) is 0 Å². The van der Waals surface area contributed by atoms with Gasteiger partial charge < -0.3 is 15.2 Å². The first kappa shape index (κ1) is 16.3. The molecule has 4 rings (SSSR count). The van der Waals surface area contributed by atoms with Gasteiger partial charge in [0.05, 0.1) is 11.7 Å². The second-order valence-electron chi connectivity index (χ2n) is 7.71. The highest BCUT2D eigenvalue weighted by molar-refractivity contribution is 5.84. The monoisotopic (exact) mass is 338 g/mol. The first-order valence-electron chi connectivity index (χ1n) is 9.14. The number of rotatable bonds is 4. The van der Waals surface area contributed by atoms with Gasteiger partial charge in [-0.15, -0.1) is 0 Å². The van der Waals surface area contributed by atoms with Gasteiger partial charge in [-0.1, -0.05) is 36.8 Å². The van der Waals surface area contributed by atoms with Gasteiger partial charge in [0.2, 0.25) is 5.91 Å². The average molecular weight is 338 g/mol. The lowest BCUT2D eigenvalue weighted by Crippen LogP contribution is -2.49. The molecule has 1 aliphatic carbocycles. The van der Waals surface area contributed by atoms with Crippen molar-refractivity contribution < 1.29 is 4.79 Å². The molecule has 132 valence electrons. The van der Waals surface area contributed by atoms with E-state index in [0.717, 1.165) is 31.4 Å². The standard InChI is InChI=1S/C20H26N4O/c1-23-14-22-11-18(23)16-12-24(13-17(16)21)19(25)20(8-5-9-20)10-15-6-3-2-4-7-15/h2-4,6-7,11,14,16-17H,5,8-10,12-13,21H2,1H3/t16-,17-/m1/s1. The minimum Gasteiger partial charge on any atom is -0.340 e. The van der Waals surface area contributed by atoms with Gasteiger partial charge in [0.15, 0.2) is 0 Å². The van der Waals surface area contributed by atoms with Crippen molar-refractivity contribution in [3.63, 3.8) is 0 Å². The van der Waals surface area contributed by atoms with Crippen LogP contribution in [0, 0.1) is 5.41 Å². The quantitative estimate of drug-likeness (QED) is 0.928. The Balaban J connectivity index is 1.51. The molecule has 1 aromatic heterocycles. The van der Waals surface area contributed by atoms with E-state index in [1.807, 2.05) is 28.8 Å². The van der Waals surface area contributed by atoms with Crippen molar-refractivity contribution in [1.82, 2.24) is 14.5 Å². The van der Waals surface area contributed by atoms with Gasteiger partial charge in [0, 0.05) is 44.0 Å². The summed E-state index contributed by atoms with van der Waals surface area (Å²) in [5.41, 5.74) is 8.54. The fourth-order valence-corrected chi connectivity index (χ4v) is 4.42. The lowest BCUT2D eigenvalue weighted by atomic mass is 9.64. The van der Waals surface area contributed by atoms with Crippen LogP contribution < -0.4 is 5.73 Å². The lowest BCUT2D eigenvalue weighted by Gasteiger charge is -2.43. The molecule has 2 heterocycles. The van der Waals surface area contributed by atoms with E-state index < -0.39 is 0 Å². The maximum absolute atomic E-state index is 13.3. The fraction of sp³-hybridized carbons (Fsp3) is 0.500. The highest BCUT2D eigenvalue weighted by Gasteiger charge is 2.48. The van der Waals surface area contributed by atoms with Crippen LogP contribution in [0.5, 0.6) is 0 Å². The molecule has 2 N–H and O–H groups in total. The van der Waals surface area contributed by atoms with E-state index in [0.29, 0.717) is 19.0 Å². The van der Waals surface area contributed by atoms with Crippen molar-refractivity contribution in [2.45, 2.75) is 37.6 Å². The molecule has 5 heteroatoms. The number of amides is 1. The Hall–Kier alpha value is -2.14. The predicted molar refractivity (Wildman–Crippen MR) is 96.9 cm³/mol. The summed E-state index contributed by atoms with van der Waals surface area (Å²) in [6.07, 6.45) is 7.64. The van der Waals surface area contributed by atoms with Crippen molar-refractivity contribution in [2.75, 3.05) is 13.1 Å². The predicted octanol–water partition coefficient (Wildman–Crippen LogP) is 2.09. The molecule has 1 amide bonds. The number of carbonyl (C=O) groups excluding carboxylic acids is 1. The minimum atomic E-state index is -0.220. The topological polar surface area (TPSA) is 64.2 Å². The van der Waals surface area contributed by atoms with Crippen LogP contribution in [0.25, 0.3) is 0 Å². The number of hydrogen-bond acceptors (Lipinski definition) is 3. The summed E-state index contributed by atoms with van der Waals surface area (Å²) in [5, 5.41) is 0. The van der Waals surface area contributed by atoms with E-state index in [4.69, 9.17) is 5.73 Å². The van der Waals surface area contributed by atoms with Crippen molar-refractivity contribution >= 4 is 5.91 Å². The first-order valence-corrected chi connectivity index (χ1v) is 9.14. The van der Waals surface area contributed by atoms with E-state index in [2.05, 4.69) is 29.2 Å². The summed E-state index contributed by atoms with van der Waals surface area (Å²) >= 11 is 0. The number of nitrogens with two attached hydrogens (primary N) is 1. The normalized spacial score (nSPS) is 25.0. The molecular formula is C20H26N4O. The molecule has 1 aromatic carbocycles. The Kier molecular flexibility index (Phi) is 4.12. The van der Waals surface area contributed by atoms with Crippen LogP contribution in [0.1, 0.15) is 36.4 Å². The summed E-state index contributed by atoms with van der Waals surface area (Å²) in [5.74, 6) is 0.466. The van der Waals surface area contributed by atoms with Crippen LogP contribution in [-0.4, -0.2) is 39.5 Å². The van der Waals surface area contributed by atoms with Gasteiger partial charge in [0.25, 0.3) is 0 Å². The van der Waals surface area contributed by atoms with E-state index in [-0.39, 0.29) is 17.4 Å². The Morgan fingerprint density at radius 1 is 1.28 bits per heavy atom. The average Bonchev–Trinajstić information content (AvgIpc) is 3.16. The van der Waals surface area contributed by atoms with Gasteiger partial charge in [-0.3, -0.25) is 4.79 Å². The largest absolute Gasteiger partial charge is 0.340 e. The van der Waals surface area contributed by atoms with Crippen molar-refractivity contribution in [3.8, 4) is 0 Å². The van der Waals surface area contributed by atoms with Crippen LogP contribution in [0.4, 0.5) is 0 Å². The zero-order valence-corrected chi connectivity index (χ0v) is 14.8. The van der Waals surface area contributed by atoms with Crippen molar-refractivity contribution in [1.29, 1.82) is 0 Å². The Morgan fingerprint density at radius 2 is 2.04 bits per heavy atom. The van der Waals surface area contributed by atoms with Crippen molar-refractivity contribution in [3.05, 3.63) is 54.1 Å². The van der Waals surface area contributed by atoms with Crippen molar-refractivity contribution in [2.24, 2.45) is 18.2 Å². The van der Waals surface area contributed by atoms with Crippen LogP contribution >= 0.6 is 0 Å². The second-order valence-corrected chi connectivity index (χ2v) is 7.71. The first-order chi connectivity index (χ1) is 12.1. The number of imidazole rings is 1. The Morgan fingerprint density at radius 3 is 2.64 bits per heavy atom. The van der Waals surface area contributed by atoms with Crippen LogP contribution in [0.2, 0.25) is 0 Å². The Labute approximate surface area is 148 Å². The molecule has 0 bridgehead atoms. The van der Waals surface area contributed by atoms with Gasteiger partial charge in [0.1, 0.15) is 0 Å². The highest BCUT2D eigenvalue weighted by Crippen LogP contribution is 2.46. The molecule has 2 aliphatic rings. The number of hydrogen-bond donors (Lipinski definition) is 1. The summed E-state index contributed by atoms with van der Waals surface area (Å²) in [6, 6.07) is 10.4. The molecule has 1 saturated heterocycles. The van der Waals surface area contributed by atoms with E-state index >= 15 is 0 Å². The minimum absolute atomic E-state index is 0.0202. The number of likely N-dealkylation sites (tertiary alicyclic amines) is 1. The molecule has 1 saturated carbocycles. The highest BCUT2D eigenvalue weighted by atomic mass is 16.2. The lowest BCUT2D eigenvalue weighted by molar-refractivity contribution is -0.146. The maximum Gasteiger partial charge on any atom is 0.229 e. The van der Waals surface area contributed by atoms with Gasteiger partial charge >= 0.3 is 0 Å². The van der Waals surface area contributed by atoms with E-state index in [9.17, 15) is 4.79 Å². The molecule has 0 radical (unpaired) electrons. The van der Waals surface area contributed by atoms with Gasteiger partial charge in [-0.25, -0.2) is 4.98 Å². The van der Waals surface area contributed by atoms with Crippen LogP contribution in [0.3, 0.4) is 0 Å². The molecule has 0 spiro atoms. The fourth-order valence-electron chi connectivity index (χ4n) is 4.42.